The predicted molar refractivity (Wildman–Crippen MR) is 55.9 cm³/mol. The van der Waals surface area contributed by atoms with Crippen LogP contribution in [0.4, 0.5) is 0 Å². The molecule has 0 bridgehead atoms. The van der Waals surface area contributed by atoms with Crippen LogP contribution in [0.2, 0.25) is 0 Å². The molecule has 6 heteroatoms. The van der Waals surface area contributed by atoms with Crippen molar-refractivity contribution in [1.82, 2.24) is 0 Å². The van der Waals surface area contributed by atoms with Crippen LogP contribution in [-0.4, -0.2) is 17.5 Å². The van der Waals surface area contributed by atoms with Gasteiger partial charge in [-0.15, -0.1) is 0 Å². The van der Waals surface area contributed by atoms with E-state index in [1.807, 2.05) is 31.2 Å². The Morgan fingerprint density at radius 2 is 1.56 bits per heavy atom. The molecule has 0 amide bonds. The Morgan fingerprint density at radius 3 is 1.89 bits per heavy atom. The van der Waals surface area contributed by atoms with Crippen LogP contribution in [0.1, 0.15) is 19.8 Å². The van der Waals surface area contributed by atoms with Crippen molar-refractivity contribution in [3.63, 3.8) is 0 Å². The van der Waals surface area contributed by atoms with E-state index in [0.29, 0.717) is 0 Å². The summed E-state index contributed by atoms with van der Waals surface area (Å²) in [5.74, 6) is 0. The molecule has 0 aliphatic carbocycles. The van der Waals surface area contributed by atoms with Gasteiger partial charge in [-0.25, -0.2) is 0 Å². The molecule has 100 valence electrons. The summed E-state index contributed by atoms with van der Waals surface area (Å²) in [4.78, 5) is 0. The van der Waals surface area contributed by atoms with Crippen molar-refractivity contribution in [2.45, 2.75) is 32.2 Å². The first-order chi connectivity index (χ1) is 8.33. The van der Waals surface area contributed by atoms with Crippen molar-refractivity contribution in [2.24, 2.45) is 0 Å². The third-order valence-electron chi connectivity index (χ3n) is 1.66. The second kappa shape index (κ2) is 25.1. The summed E-state index contributed by atoms with van der Waals surface area (Å²) < 4.78 is 27.6. The van der Waals surface area contributed by atoms with Gasteiger partial charge in [0.15, 0.2) is 6.29 Å². The van der Waals surface area contributed by atoms with Gasteiger partial charge in [0, 0.05) is 23.5 Å². The van der Waals surface area contributed by atoms with E-state index in [1.165, 1.54) is 0 Å². The maximum Gasteiger partial charge on any atom is 0 e. The number of aliphatic hydroxyl groups excluding tert-OH is 1. The number of aliphatic hydroxyl groups is 1. The molecule has 5 nitrogen and oxygen atoms in total. The largest absolute Gasteiger partial charge is 0 e. The zero-order chi connectivity index (χ0) is 14.1. The second-order valence-electron chi connectivity index (χ2n) is 2.62. The van der Waals surface area contributed by atoms with Gasteiger partial charge in [-0.1, -0.05) is 24.3 Å². The van der Waals surface area contributed by atoms with Crippen molar-refractivity contribution >= 4 is 0 Å². The van der Waals surface area contributed by atoms with Crippen LogP contribution < -0.4 is 0 Å². The van der Waals surface area contributed by atoms with Gasteiger partial charge in [0.1, 0.15) is 0 Å². The van der Waals surface area contributed by atoms with E-state index in [1.54, 1.807) is 0 Å². The van der Waals surface area contributed by atoms with E-state index in [9.17, 15) is 0 Å². The van der Waals surface area contributed by atoms with Crippen LogP contribution in [0.3, 0.4) is 0 Å². The molecular formula is C12H14FeO5. The van der Waals surface area contributed by atoms with Crippen LogP contribution in [-0.2, 0) is 35.8 Å². The average molecular weight is 294 g/mol. The topological polar surface area (TPSA) is 89.2 Å². The Labute approximate surface area is 118 Å². The van der Waals surface area contributed by atoms with Crippen LogP contribution in [0.5, 0.6) is 0 Å². The monoisotopic (exact) mass is 294 g/mol. The quantitative estimate of drug-likeness (QED) is 0.362. The standard InChI is InChI=1S/C9H14O2.3CO.Fe/c1-2-3-4-5-8-6-7-9(10)11-8;3*1-2;/h2-5,8-10H,6-7H2,1H3;;;;/b3-2+,5-4+;;;;/t8-,9+;;;;/m0..../s1. The molecule has 1 saturated heterocycles. The number of hydrogen-bond donors (Lipinski definition) is 1. The van der Waals surface area contributed by atoms with E-state index in [0.717, 1.165) is 12.8 Å². The average Bonchev–Trinajstić information content (AvgIpc) is 2.83. The molecule has 0 spiro atoms. The molecule has 1 aliphatic rings. The van der Waals surface area contributed by atoms with Crippen LogP contribution in [0, 0.1) is 20.0 Å². The first-order valence-electron chi connectivity index (χ1n) is 4.57. The van der Waals surface area contributed by atoms with E-state index in [2.05, 4.69) is 20.0 Å². The van der Waals surface area contributed by atoms with Crippen LogP contribution in [0.25, 0.3) is 0 Å². The van der Waals surface area contributed by atoms with Crippen LogP contribution >= 0.6 is 0 Å². The molecule has 1 aliphatic heterocycles. The fraction of sp³-hybridized carbons (Fsp3) is 0.417. The molecule has 0 aromatic heterocycles. The molecule has 0 aromatic rings. The summed E-state index contributed by atoms with van der Waals surface area (Å²) in [6.45, 7) is 15.5. The maximum absolute atomic E-state index is 8.98. The third-order valence-corrected chi connectivity index (χ3v) is 1.66. The normalized spacial score (nSPS) is 20.2. The van der Waals surface area contributed by atoms with Gasteiger partial charge in [-0.05, 0) is 13.3 Å². The number of rotatable bonds is 2. The molecular weight excluding hydrogens is 280 g/mol. The van der Waals surface area contributed by atoms with Gasteiger partial charge in [-0.3, -0.25) is 0 Å². The van der Waals surface area contributed by atoms with Crippen molar-refractivity contribution in [2.75, 3.05) is 0 Å². The molecule has 0 unspecified atom stereocenters. The Bertz CT molecular complexity index is 253. The van der Waals surface area contributed by atoms with Gasteiger partial charge < -0.3 is 9.84 Å². The van der Waals surface area contributed by atoms with E-state index >= 15 is 0 Å². The summed E-state index contributed by atoms with van der Waals surface area (Å²) in [6, 6.07) is 0. The van der Waals surface area contributed by atoms with Gasteiger partial charge in [0.2, 0.25) is 0 Å². The molecule has 0 aromatic carbocycles. The number of ether oxygens (including phenoxy) is 1. The van der Waals surface area contributed by atoms with E-state index in [-0.39, 0.29) is 23.2 Å². The summed E-state index contributed by atoms with van der Waals surface area (Å²) >= 11 is 0. The summed E-state index contributed by atoms with van der Waals surface area (Å²) in [5, 5.41) is 8.98. The van der Waals surface area contributed by atoms with Crippen molar-refractivity contribution in [1.29, 1.82) is 0 Å². The molecule has 1 rings (SSSR count). The molecule has 1 fully saturated rings. The minimum Gasteiger partial charge on any atom is 0 e. The first kappa shape index (κ1) is 25.9. The summed E-state index contributed by atoms with van der Waals surface area (Å²) in [5.41, 5.74) is 0. The van der Waals surface area contributed by atoms with Crippen molar-refractivity contribution < 1.29 is 40.9 Å². The zero-order valence-electron chi connectivity index (χ0n) is 9.81. The van der Waals surface area contributed by atoms with E-state index in [4.69, 9.17) is 23.8 Å². The predicted octanol–water partition coefficient (Wildman–Crippen LogP) is 1.50. The summed E-state index contributed by atoms with van der Waals surface area (Å²) in [6.07, 6.45) is 9.08. The van der Waals surface area contributed by atoms with Gasteiger partial charge in [-0.2, -0.15) is 0 Å². The minimum atomic E-state index is -0.546. The van der Waals surface area contributed by atoms with E-state index < -0.39 is 6.29 Å². The zero-order valence-corrected chi connectivity index (χ0v) is 10.9. The summed E-state index contributed by atoms with van der Waals surface area (Å²) in [7, 11) is 0. The Morgan fingerprint density at radius 1 is 1.06 bits per heavy atom. The second-order valence-corrected chi connectivity index (χ2v) is 2.62. The molecule has 18 heavy (non-hydrogen) atoms. The number of hydrogen-bond acceptors (Lipinski definition) is 2. The Hall–Kier alpha value is -0.861. The van der Waals surface area contributed by atoms with Crippen molar-refractivity contribution in [3.05, 3.63) is 44.3 Å². The maximum atomic E-state index is 8.98. The fourth-order valence-corrected chi connectivity index (χ4v) is 1.09. The SMILES string of the molecule is C/C=C/C=C/[C@H]1CC[C@H](O)O1.[C-]#[O+].[C-]#[O+].[C-]#[O+].[Fe]. The minimum absolute atomic E-state index is 0. The fourth-order valence-electron chi connectivity index (χ4n) is 1.09. The van der Waals surface area contributed by atoms with Gasteiger partial charge >= 0.3 is 33.9 Å². The number of allylic oxidation sites excluding steroid dienone is 3. The Balaban J connectivity index is -0.000000123. The Kier molecular flexibility index (Phi) is 36.1. The molecule has 0 saturated carbocycles. The third kappa shape index (κ3) is 17.5. The molecule has 2 atom stereocenters. The van der Waals surface area contributed by atoms with Gasteiger partial charge in [0.05, 0.1) is 6.10 Å². The molecule has 1 N–H and O–H groups in total. The van der Waals surface area contributed by atoms with Gasteiger partial charge in [0.25, 0.3) is 0 Å². The smallest absolute Gasteiger partial charge is 0 e. The first-order valence-corrected chi connectivity index (χ1v) is 4.57. The van der Waals surface area contributed by atoms with Crippen LogP contribution in [0.15, 0.2) is 24.3 Å². The molecule has 0 radical (unpaired) electrons. The van der Waals surface area contributed by atoms with Crippen molar-refractivity contribution in [3.8, 4) is 0 Å². The molecule has 1 heterocycles.